The molecule has 0 aliphatic heterocycles. The second-order valence-electron chi connectivity index (χ2n) is 8.64. The van der Waals surface area contributed by atoms with Crippen molar-refractivity contribution < 1.29 is 25.8 Å². The summed E-state index contributed by atoms with van der Waals surface area (Å²) in [7, 11) is -4.59. The number of hydrogen-bond donors (Lipinski definition) is 1. The monoisotopic (exact) mass is 537 g/mol. The van der Waals surface area contributed by atoms with E-state index < -0.39 is 26.8 Å². The molecule has 2 aromatic heterocycles. The molecule has 0 saturated heterocycles. The quantitative estimate of drug-likeness (QED) is 0.234. The minimum Gasteiger partial charge on any atom is -0.378 e. The smallest absolute Gasteiger partial charge is 0.378 e. The number of imidazole rings is 1. The molecule has 0 atom stereocenters. The average molecular weight is 538 g/mol. The Hall–Kier alpha value is -4.31. The molecule has 5 aromatic rings. The lowest BCUT2D eigenvalue weighted by Crippen LogP contribution is -2.13. The van der Waals surface area contributed by atoms with Crippen LogP contribution in [-0.2, 0) is 22.8 Å². The van der Waals surface area contributed by atoms with Crippen molar-refractivity contribution >= 4 is 21.6 Å². The number of fused-ring (bicyclic) bond motifs is 1. The van der Waals surface area contributed by atoms with E-state index in [1.165, 1.54) is 6.07 Å². The van der Waals surface area contributed by atoms with Crippen LogP contribution in [0.25, 0.3) is 16.9 Å². The molecule has 0 radical (unpaired) electrons. The summed E-state index contributed by atoms with van der Waals surface area (Å²) < 4.78 is 72.9. The highest BCUT2D eigenvalue weighted by Crippen LogP contribution is 2.37. The Balaban J connectivity index is 1.57. The molecule has 6 nitrogen and oxygen atoms in total. The first-order valence-corrected chi connectivity index (χ1v) is 13.0. The Labute approximate surface area is 217 Å². The van der Waals surface area contributed by atoms with E-state index in [1.807, 2.05) is 60.0 Å². The van der Waals surface area contributed by atoms with Gasteiger partial charge in [-0.3, -0.25) is 4.40 Å². The van der Waals surface area contributed by atoms with Crippen molar-refractivity contribution in [3.8, 4) is 17.0 Å². The Morgan fingerprint density at radius 2 is 1.66 bits per heavy atom. The van der Waals surface area contributed by atoms with Gasteiger partial charge in [-0.1, -0.05) is 48.5 Å². The van der Waals surface area contributed by atoms with Gasteiger partial charge in [0.25, 0.3) is 0 Å². The molecule has 3 aromatic carbocycles. The maximum atomic E-state index is 13.2. The first kappa shape index (κ1) is 25.3. The Morgan fingerprint density at radius 1 is 0.921 bits per heavy atom. The minimum absolute atomic E-state index is 0.0622. The number of halogens is 3. The number of pyridine rings is 1. The summed E-state index contributed by atoms with van der Waals surface area (Å²) in [6, 6.07) is 23.4. The number of nitrogens with one attached hydrogen (secondary N) is 1. The third-order valence-electron chi connectivity index (χ3n) is 5.88. The SMILES string of the molecule is Cc1ccn2c(NCc3ccccc3)c(-c3ccccc3OS(=O)(=O)c3cccc(C(F)(F)F)c3)nc2c1. The summed E-state index contributed by atoms with van der Waals surface area (Å²) in [5.74, 6) is 0.546. The van der Waals surface area contributed by atoms with Gasteiger partial charge in [0, 0.05) is 18.3 Å². The Morgan fingerprint density at radius 3 is 2.42 bits per heavy atom. The van der Waals surface area contributed by atoms with Crippen LogP contribution in [-0.4, -0.2) is 17.8 Å². The number of para-hydroxylation sites is 1. The maximum Gasteiger partial charge on any atom is 0.416 e. The largest absolute Gasteiger partial charge is 0.416 e. The highest BCUT2D eigenvalue weighted by Gasteiger charge is 2.32. The van der Waals surface area contributed by atoms with E-state index in [-0.39, 0.29) is 5.75 Å². The number of rotatable bonds is 7. The number of hydrogen-bond acceptors (Lipinski definition) is 5. The first-order chi connectivity index (χ1) is 18.1. The van der Waals surface area contributed by atoms with Crippen LogP contribution in [0.2, 0.25) is 0 Å². The van der Waals surface area contributed by atoms with Gasteiger partial charge in [-0.15, -0.1) is 0 Å². The van der Waals surface area contributed by atoms with E-state index >= 15 is 0 Å². The number of anilines is 1. The highest BCUT2D eigenvalue weighted by atomic mass is 32.2. The van der Waals surface area contributed by atoms with E-state index in [2.05, 4.69) is 5.32 Å². The van der Waals surface area contributed by atoms with Crippen LogP contribution in [0.5, 0.6) is 5.75 Å². The second-order valence-corrected chi connectivity index (χ2v) is 10.2. The second kappa shape index (κ2) is 9.86. The summed E-state index contributed by atoms with van der Waals surface area (Å²) in [4.78, 5) is 4.14. The molecular formula is C28H22F3N3O3S. The first-order valence-electron chi connectivity index (χ1n) is 11.6. The fourth-order valence-electron chi connectivity index (χ4n) is 4.01. The van der Waals surface area contributed by atoms with Crippen LogP contribution in [0.3, 0.4) is 0 Å². The zero-order valence-electron chi connectivity index (χ0n) is 20.1. The highest BCUT2D eigenvalue weighted by molar-refractivity contribution is 7.87. The van der Waals surface area contributed by atoms with Crippen molar-refractivity contribution in [2.24, 2.45) is 0 Å². The zero-order chi connectivity index (χ0) is 26.9. The number of alkyl halides is 3. The average Bonchev–Trinajstić information content (AvgIpc) is 3.25. The van der Waals surface area contributed by atoms with Gasteiger partial charge < -0.3 is 9.50 Å². The van der Waals surface area contributed by atoms with Gasteiger partial charge in [0.2, 0.25) is 0 Å². The summed E-state index contributed by atoms with van der Waals surface area (Å²) in [6.07, 6.45) is -2.84. The molecule has 1 N–H and O–H groups in total. The molecular weight excluding hydrogens is 515 g/mol. The van der Waals surface area contributed by atoms with Crippen molar-refractivity contribution in [2.45, 2.75) is 24.5 Å². The van der Waals surface area contributed by atoms with Crippen LogP contribution < -0.4 is 9.50 Å². The maximum absolute atomic E-state index is 13.2. The Kier molecular flexibility index (Phi) is 6.58. The molecule has 38 heavy (non-hydrogen) atoms. The van der Waals surface area contributed by atoms with Gasteiger partial charge in [0.05, 0.1) is 5.56 Å². The third kappa shape index (κ3) is 5.21. The van der Waals surface area contributed by atoms with Crippen LogP contribution in [0.1, 0.15) is 16.7 Å². The lowest BCUT2D eigenvalue weighted by Gasteiger charge is -2.14. The lowest BCUT2D eigenvalue weighted by atomic mass is 10.1. The topological polar surface area (TPSA) is 72.7 Å². The van der Waals surface area contributed by atoms with Crippen LogP contribution in [0.4, 0.5) is 19.0 Å². The van der Waals surface area contributed by atoms with Gasteiger partial charge in [-0.2, -0.15) is 21.6 Å². The van der Waals surface area contributed by atoms with Crippen LogP contribution in [0, 0.1) is 6.92 Å². The van der Waals surface area contributed by atoms with Crippen molar-refractivity contribution in [3.05, 3.63) is 114 Å². The predicted octanol–water partition coefficient (Wildman–Crippen LogP) is 6.71. The van der Waals surface area contributed by atoms with Crippen molar-refractivity contribution in [2.75, 3.05) is 5.32 Å². The van der Waals surface area contributed by atoms with Crippen LogP contribution >= 0.6 is 0 Å². The molecule has 0 unspecified atom stereocenters. The fourth-order valence-corrected chi connectivity index (χ4v) is 5.01. The number of nitrogens with zero attached hydrogens (tertiary/aromatic N) is 2. The molecule has 0 aliphatic carbocycles. The minimum atomic E-state index is -4.70. The lowest BCUT2D eigenvalue weighted by molar-refractivity contribution is -0.137. The summed E-state index contributed by atoms with van der Waals surface area (Å²) in [6.45, 7) is 2.41. The molecule has 0 saturated carbocycles. The molecule has 5 rings (SSSR count). The molecule has 2 heterocycles. The van der Waals surface area contributed by atoms with E-state index in [1.54, 1.807) is 18.2 Å². The molecule has 10 heteroatoms. The van der Waals surface area contributed by atoms with Gasteiger partial charge >= 0.3 is 16.3 Å². The molecule has 194 valence electrons. The van der Waals surface area contributed by atoms with Crippen LogP contribution in [0.15, 0.2) is 102 Å². The molecule has 0 spiro atoms. The van der Waals surface area contributed by atoms with E-state index in [9.17, 15) is 21.6 Å². The van der Waals surface area contributed by atoms with Gasteiger partial charge in [0.15, 0.2) is 5.75 Å². The van der Waals surface area contributed by atoms with Gasteiger partial charge in [0.1, 0.15) is 22.1 Å². The number of aryl methyl sites for hydroxylation is 1. The standard InChI is InChI=1S/C28H22F3N3O3S/c1-19-14-15-34-25(16-19)33-26(27(34)32-18-20-8-3-2-4-9-20)23-12-5-6-13-24(23)37-38(35,36)22-11-7-10-21(17-22)28(29,30)31/h2-17,32H,18H2,1H3. The summed E-state index contributed by atoms with van der Waals surface area (Å²) in [5, 5.41) is 3.39. The summed E-state index contributed by atoms with van der Waals surface area (Å²) in [5.41, 5.74) is 2.35. The van der Waals surface area contributed by atoms with Gasteiger partial charge in [-0.25, -0.2) is 4.98 Å². The number of aromatic nitrogens is 2. The van der Waals surface area contributed by atoms with Gasteiger partial charge in [-0.05, 0) is 60.5 Å². The van der Waals surface area contributed by atoms with E-state index in [0.29, 0.717) is 35.3 Å². The fraction of sp³-hybridized carbons (Fsp3) is 0.107. The third-order valence-corrected chi connectivity index (χ3v) is 7.11. The Bertz CT molecular complexity index is 1720. The number of benzene rings is 3. The van der Waals surface area contributed by atoms with Crippen molar-refractivity contribution in [1.82, 2.24) is 9.38 Å². The van der Waals surface area contributed by atoms with E-state index in [0.717, 1.165) is 29.3 Å². The van der Waals surface area contributed by atoms with Crippen molar-refractivity contribution in [3.63, 3.8) is 0 Å². The zero-order valence-corrected chi connectivity index (χ0v) is 20.9. The summed E-state index contributed by atoms with van der Waals surface area (Å²) >= 11 is 0. The normalized spacial score (nSPS) is 12.0. The molecule has 0 bridgehead atoms. The van der Waals surface area contributed by atoms with E-state index in [4.69, 9.17) is 9.17 Å². The molecule has 0 fully saturated rings. The predicted molar refractivity (Wildman–Crippen MR) is 138 cm³/mol. The molecule has 0 aliphatic rings. The molecule has 0 amide bonds. The van der Waals surface area contributed by atoms with Crippen molar-refractivity contribution in [1.29, 1.82) is 0 Å².